The monoisotopic (exact) mass is 319 g/mol. The molecule has 1 amide bonds. The fourth-order valence-corrected chi connectivity index (χ4v) is 3.56. The number of hydrogen-bond acceptors (Lipinski definition) is 3. The first-order valence-corrected chi connectivity index (χ1v) is 7.85. The van der Waals surface area contributed by atoms with Crippen LogP contribution in [0.5, 0.6) is 0 Å². The van der Waals surface area contributed by atoms with E-state index in [1.807, 2.05) is 0 Å². The van der Waals surface area contributed by atoms with E-state index in [1.54, 1.807) is 0 Å². The second kappa shape index (κ2) is 6.35. The van der Waals surface area contributed by atoms with Crippen LogP contribution in [0.15, 0.2) is 0 Å². The number of ether oxygens (including phenoxy) is 2. The lowest BCUT2D eigenvalue weighted by atomic mass is 9.77. The summed E-state index contributed by atoms with van der Waals surface area (Å²) in [6.45, 7) is 3.73. The minimum atomic E-state index is -0.438. The molecule has 0 radical (unpaired) electrons. The molecular weight excluding hydrogens is 298 g/mol. The number of carbonyl (C=O) groups excluding carboxylic acids is 1. The van der Waals surface area contributed by atoms with Crippen molar-refractivity contribution in [3.05, 3.63) is 0 Å². The van der Waals surface area contributed by atoms with Crippen LogP contribution in [0, 0.1) is 5.92 Å². The third-order valence-electron chi connectivity index (χ3n) is 3.84. The van der Waals surface area contributed by atoms with Crippen molar-refractivity contribution in [2.45, 2.75) is 44.2 Å². The number of hydrogen-bond donors (Lipinski definition) is 1. The van der Waals surface area contributed by atoms with Gasteiger partial charge in [-0.3, -0.25) is 4.79 Å². The van der Waals surface area contributed by atoms with Gasteiger partial charge in [-0.2, -0.15) is 0 Å². The van der Waals surface area contributed by atoms with Gasteiger partial charge in [-0.05, 0) is 18.8 Å². The molecule has 1 N–H and O–H groups in total. The number of halogens is 1. The lowest BCUT2D eigenvalue weighted by Crippen LogP contribution is -2.56. The Morgan fingerprint density at radius 1 is 1.50 bits per heavy atom. The van der Waals surface area contributed by atoms with Crippen LogP contribution >= 0.6 is 15.9 Å². The fraction of sp³-hybridized carbons (Fsp3) is 0.923. The molecule has 2 aliphatic rings. The lowest BCUT2D eigenvalue weighted by Gasteiger charge is -2.40. The molecule has 1 aliphatic heterocycles. The molecule has 0 aromatic rings. The Balaban J connectivity index is 1.94. The number of rotatable bonds is 3. The van der Waals surface area contributed by atoms with Crippen LogP contribution in [0.25, 0.3) is 0 Å². The Hall–Kier alpha value is -0.130. The van der Waals surface area contributed by atoms with Gasteiger partial charge in [-0.15, -0.1) is 0 Å². The van der Waals surface area contributed by atoms with E-state index in [-0.39, 0.29) is 11.4 Å². The van der Waals surface area contributed by atoms with Gasteiger partial charge in [-0.25, -0.2) is 0 Å². The Labute approximate surface area is 117 Å². The number of amides is 1. The van der Waals surface area contributed by atoms with E-state index in [9.17, 15) is 4.79 Å². The Morgan fingerprint density at radius 2 is 2.33 bits per heavy atom. The van der Waals surface area contributed by atoms with E-state index >= 15 is 0 Å². The molecule has 2 rings (SSSR count). The summed E-state index contributed by atoms with van der Waals surface area (Å²) in [5.41, 5.74) is -0.102. The molecule has 5 heteroatoms. The van der Waals surface area contributed by atoms with Crippen molar-refractivity contribution in [3.8, 4) is 0 Å². The van der Waals surface area contributed by atoms with Crippen molar-refractivity contribution < 1.29 is 14.3 Å². The molecule has 3 unspecified atom stereocenters. The summed E-state index contributed by atoms with van der Waals surface area (Å²) in [4.78, 5) is 12.2. The molecule has 1 heterocycles. The average molecular weight is 320 g/mol. The third kappa shape index (κ3) is 3.45. The van der Waals surface area contributed by atoms with E-state index in [1.165, 1.54) is 12.8 Å². The number of nitrogens with one attached hydrogen (secondary N) is 1. The predicted octanol–water partition coefficient (Wildman–Crippen LogP) is 1.86. The van der Waals surface area contributed by atoms with Crippen LogP contribution in [-0.4, -0.2) is 42.7 Å². The van der Waals surface area contributed by atoms with E-state index in [4.69, 9.17) is 9.47 Å². The predicted molar refractivity (Wildman–Crippen MR) is 72.9 cm³/mol. The van der Waals surface area contributed by atoms with Crippen LogP contribution in [0.3, 0.4) is 0 Å². The van der Waals surface area contributed by atoms with Gasteiger partial charge in [0.05, 0.1) is 25.4 Å². The van der Waals surface area contributed by atoms with Crippen LogP contribution < -0.4 is 5.32 Å². The summed E-state index contributed by atoms with van der Waals surface area (Å²) in [6, 6.07) is 0. The van der Waals surface area contributed by atoms with E-state index in [0.29, 0.717) is 25.7 Å². The molecule has 3 atom stereocenters. The zero-order valence-electron chi connectivity index (χ0n) is 10.9. The molecule has 1 aliphatic carbocycles. The van der Waals surface area contributed by atoms with Crippen molar-refractivity contribution in [1.82, 2.24) is 5.32 Å². The van der Waals surface area contributed by atoms with E-state index < -0.39 is 6.10 Å². The second-order valence-corrected chi connectivity index (χ2v) is 6.10. The Bertz CT molecular complexity index is 294. The second-order valence-electron chi connectivity index (χ2n) is 5.54. The van der Waals surface area contributed by atoms with Crippen molar-refractivity contribution in [2.24, 2.45) is 5.92 Å². The van der Waals surface area contributed by atoms with Gasteiger partial charge in [-0.1, -0.05) is 35.7 Å². The molecule has 0 aromatic heterocycles. The lowest BCUT2D eigenvalue weighted by molar-refractivity contribution is -0.149. The first-order chi connectivity index (χ1) is 8.65. The van der Waals surface area contributed by atoms with Gasteiger partial charge < -0.3 is 14.8 Å². The Morgan fingerprint density at radius 3 is 2.94 bits per heavy atom. The highest BCUT2D eigenvalue weighted by Gasteiger charge is 2.37. The van der Waals surface area contributed by atoms with Gasteiger partial charge in [0.25, 0.3) is 5.91 Å². The summed E-state index contributed by atoms with van der Waals surface area (Å²) in [6.07, 6.45) is 4.08. The maximum atomic E-state index is 12.2. The maximum absolute atomic E-state index is 12.2. The van der Waals surface area contributed by atoms with Crippen molar-refractivity contribution in [1.29, 1.82) is 0 Å². The van der Waals surface area contributed by atoms with Crippen LogP contribution in [0.4, 0.5) is 0 Å². The highest BCUT2D eigenvalue weighted by Crippen LogP contribution is 2.33. The summed E-state index contributed by atoms with van der Waals surface area (Å²) in [5, 5.41) is 4.00. The standard InChI is InChI=1S/C13H22BrNO3/c1-10-3-2-4-13(7-10,9-14)15-12(16)11-8-17-5-6-18-11/h10-11H,2-9H2,1H3,(H,15,16). The molecular formula is C13H22BrNO3. The molecule has 1 saturated heterocycles. The van der Waals surface area contributed by atoms with Crippen LogP contribution in [-0.2, 0) is 14.3 Å². The molecule has 18 heavy (non-hydrogen) atoms. The van der Waals surface area contributed by atoms with Crippen molar-refractivity contribution in [2.75, 3.05) is 25.2 Å². The minimum Gasteiger partial charge on any atom is -0.376 e. The molecule has 0 bridgehead atoms. The van der Waals surface area contributed by atoms with E-state index in [2.05, 4.69) is 28.2 Å². The zero-order chi connectivity index (χ0) is 13.0. The van der Waals surface area contributed by atoms with Gasteiger partial charge in [0.15, 0.2) is 6.10 Å². The molecule has 1 saturated carbocycles. The number of alkyl halides is 1. The van der Waals surface area contributed by atoms with Gasteiger partial charge in [0.1, 0.15) is 0 Å². The van der Waals surface area contributed by atoms with Crippen LogP contribution in [0.2, 0.25) is 0 Å². The maximum Gasteiger partial charge on any atom is 0.252 e. The molecule has 0 spiro atoms. The van der Waals surface area contributed by atoms with E-state index in [0.717, 1.165) is 18.2 Å². The van der Waals surface area contributed by atoms with Gasteiger partial charge >= 0.3 is 0 Å². The third-order valence-corrected chi connectivity index (χ3v) is 4.92. The average Bonchev–Trinajstić information content (AvgIpc) is 2.39. The number of carbonyl (C=O) groups is 1. The first-order valence-electron chi connectivity index (χ1n) is 6.72. The largest absolute Gasteiger partial charge is 0.376 e. The summed E-state index contributed by atoms with van der Waals surface area (Å²) in [7, 11) is 0. The van der Waals surface area contributed by atoms with Crippen LogP contribution in [0.1, 0.15) is 32.6 Å². The Kier molecular flexibility index (Phi) is 5.04. The normalized spacial score (nSPS) is 37.2. The van der Waals surface area contributed by atoms with Gasteiger partial charge in [0.2, 0.25) is 0 Å². The quantitative estimate of drug-likeness (QED) is 0.808. The fourth-order valence-electron chi connectivity index (χ4n) is 2.91. The van der Waals surface area contributed by atoms with Crippen molar-refractivity contribution in [3.63, 3.8) is 0 Å². The topological polar surface area (TPSA) is 47.6 Å². The minimum absolute atomic E-state index is 0.0248. The summed E-state index contributed by atoms with van der Waals surface area (Å²) in [5.74, 6) is 0.642. The SMILES string of the molecule is CC1CCCC(CBr)(NC(=O)C2COCCO2)C1. The smallest absolute Gasteiger partial charge is 0.252 e. The van der Waals surface area contributed by atoms with Crippen molar-refractivity contribution >= 4 is 21.8 Å². The molecule has 4 nitrogen and oxygen atoms in total. The molecule has 0 aromatic carbocycles. The zero-order valence-corrected chi connectivity index (χ0v) is 12.5. The highest BCUT2D eigenvalue weighted by molar-refractivity contribution is 9.09. The first kappa shape index (κ1) is 14.3. The summed E-state index contributed by atoms with van der Waals surface area (Å²) >= 11 is 3.56. The molecule has 2 fully saturated rings. The summed E-state index contributed by atoms with van der Waals surface area (Å²) < 4.78 is 10.7. The van der Waals surface area contributed by atoms with Gasteiger partial charge in [0, 0.05) is 5.33 Å². The highest BCUT2D eigenvalue weighted by atomic mass is 79.9. The molecule has 104 valence electrons.